The first kappa shape index (κ1) is 22.8. The average molecular weight is 494 g/mol. The average Bonchev–Trinajstić information content (AvgIpc) is 2.68. The van der Waals surface area contributed by atoms with Gasteiger partial charge in [0.05, 0.1) is 6.61 Å². The van der Waals surface area contributed by atoms with Crippen LogP contribution in [0.25, 0.3) is 6.08 Å². The largest absolute Gasteiger partial charge is 0.489 e. The van der Waals surface area contributed by atoms with Crippen LogP contribution < -0.4 is 15.4 Å². The fraction of sp³-hybridized carbons (Fsp3) is 0.348. The fourth-order valence-electron chi connectivity index (χ4n) is 3.04. The second-order valence-electron chi connectivity index (χ2n) is 7.18. The molecule has 3 rings (SSSR count). The van der Waals surface area contributed by atoms with E-state index in [9.17, 15) is 4.79 Å². The van der Waals surface area contributed by atoms with Gasteiger partial charge in [0.15, 0.2) is 0 Å². The van der Waals surface area contributed by atoms with E-state index < -0.39 is 0 Å². The predicted octanol–water partition coefficient (Wildman–Crippen LogP) is 4.57. The second-order valence-corrected chi connectivity index (χ2v) is 8.47. The Morgan fingerprint density at radius 3 is 2.83 bits per heavy atom. The first-order valence-corrected chi connectivity index (χ1v) is 11.2. The summed E-state index contributed by atoms with van der Waals surface area (Å²) in [5, 5.41) is 7.45. The van der Waals surface area contributed by atoms with Gasteiger partial charge in [-0.25, -0.2) is 4.79 Å². The van der Waals surface area contributed by atoms with Crippen LogP contribution in [0.5, 0.6) is 5.75 Å². The molecule has 1 aliphatic heterocycles. The first-order valence-electron chi connectivity index (χ1n) is 10.0. The molecule has 2 N–H and O–H groups in total. The SMILES string of the molecule is CCOC(=O)/C=C/c1cc(CNCC2CNC2)cc(OCc2ccc(Cl)cc2Br)c1. The van der Waals surface area contributed by atoms with Crippen LogP contribution in [0.2, 0.25) is 5.02 Å². The molecule has 1 fully saturated rings. The molecule has 0 saturated carbocycles. The minimum absolute atomic E-state index is 0.355. The highest BCUT2D eigenvalue weighted by Gasteiger charge is 2.15. The molecule has 0 spiro atoms. The van der Waals surface area contributed by atoms with E-state index in [1.165, 1.54) is 6.08 Å². The number of nitrogens with one attached hydrogen (secondary N) is 2. The zero-order chi connectivity index (χ0) is 21.3. The Balaban J connectivity index is 1.70. The first-order chi connectivity index (χ1) is 14.5. The van der Waals surface area contributed by atoms with Crippen LogP contribution in [0.15, 0.2) is 46.9 Å². The highest BCUT2D eigenvalue weighted by Crippen LogP contribution is 2.25. The van der Waals surface area contributed by atoms with E-state index in [1.54, 1.807) is 13.0 Å². The molecule has 0 bridgehead atoms. The van der Waals surface area contributed by atoms with Crippen LogP contribution in [-0.2, 0) is 22.7 Å². The molecule has 1 saturated heterocycles. The molecule has 160 valence electrons. The van der Waals surface area contributed by atoms with Crippen molar-refractivity contribution in [3.8, 4) is 5.75 Å². The van der Waals surface area contributed by atoms with E-state index in [4.69, 9.17) is 21.1 Å². The molecular weight excluding hydrogens is 468 g/mol. The smallest absolute Gasteiger partial charge is 0.330 e. The summed E-state index contributed by atoms with van der Waals surface area (Å²) in [5.74, 6) is 1.07. The van der Waals surface area contributed by atoms with Crippen molar-refractivity contribution in [2.24, 2.45) is 5.92 Å². The van der Waals surface area contributed by atoms with E-state index in [1.807, 2.05) is 36.4 Å². The number of ether oxygens (including phenoxy) is 2. The lowest BCUT2D eigenvalue weighted by atomic mass is 10.0. The van der Waals surface area contributed by atoms with Crippen molar-refractivity contribution in [3.63, 3.8) is 0 Å². The third-order valence-electron chi connectivity index (χ3n) is 4.72. The van der Waals surface area contributed by atoms with Crippen molar-refractivity contribution in [2.75, 3.05) is 26.2 Å². The predicted molar refractivity (Wildman–Crippen MR) is 124 cm³/mol. The van der Waals surface area contributed by atoms with Crippen LogP contribution in [0, 0.1) is 5.92 Å². The number of halogens is 2. The van der Waals surface area contributed by atoms with Gasteiger partial charge in [-0.15, -0.1) is 0 Å². The molecule has 0 radical (unpaired) electrons. The van der Waals surface area contributed by atoms with Gasteiger partial charge >= 0.3 is 5.97 Å². The quantitative estimate of drug-likeness (QED) is 0.375. The molecule has 0 atom stereocenters. The summed E-state index contributed by atoms with van der Waals surface area (Å²) in [6.07, 6.45) is 3.19. The summed E-state index contributed by atoms with van der Waals surface area (Å²) < 4.78 is 11.9. The van der Waals surface area contributed by atoms with Crippen molar-refractivity contribution >= 4 is 39.6 Å². The number of carbonyl (C=O) groups excluding carboxylic acids is 1. The highest BCUT2D eigenvalue weighted by atomic mass is 79.9. The topological polar surface area (TPSA) is 59.6 Å². The molecule has 30 heavy (non-hydrogen) atoms. The summed E-state index contributed by atoms with van der Waals surface area (Å²) in [7, 11) is 0. The van der Waals surface area contributed by atoms with E-state index in [0.29, 0.717) is 24.2 Å². The van der Waals surface area contributed by atoms with Gasteiger partial charge in [-0.2, -0.15) is 0 Å². The monoisotopic (exact) mass is 492 g/mol. The number of esters is 1. The van der Waals surface area contributed by atoms with Gasteiger partial charge in [0.2, 0.25) is 0 Å². The number of carbonyl (C=O) groups is 1. The maximum absolute atomic E-state index is 11.7. The molecule has 1 aliphatic rings. The molecule has 0 aliphatic carbocycles. The third kappa shape index (κ3) is 7.13. The van der Waals surface area contributed by atoms with E-state index in [2.05, 4.69) is 26.6 Å². The summed E-state index contributed by atoms with van der Waals surface area (Å²) in [6.45, 7) is 6.40. The maximum Gasteiger partial charge on any atom is 0.330 e. The van der Waals surface area contributed by atoms with E-state index in [-0.39, 0.29) is 5.97 Å². The number of hydrogen-bond acceptors (Lipinski definition) is 5. The van der Waals surface area contributed by atoms with Crippen LogP contribution in [0.4, 0.5) is 0 Å². The van der Waals surface area contributed by atoms with Crippen LogP contribution >= 0.6 is 27.5 Å². The zero-order valence-corrected chi connectivity index (χ0v) is 19.3. The number of rotatable bonds is 10. The van der Waals surface area contributed by atoms with Gasteiger partial charge in [-0.3, -0.25) is 0 Å². The minimum Gasteiger partial charge on any atom is -0.489 e. The van der Waals surface area contributed by atoms with Crippen molar-refractivity contribution in [1.29, 1.82) is 0 Å². The van der Waals surface area contributed by atoms with Crippen molar-refractivity contribution < 1.29 is 14.3 Å². The Hall–Kier alpha value is -1.86. The van der Waals surface area contributed by atoms with Gasteiger partial charge in [0, 0.05) is 47.3 Å². The molecule has 2 aromatic carbocycles. The Morgan fingerprint density at radius 1 is 1.30 bits per heavy atom. The summed E-state index contributed by atoms with van der Waals surface area (Å²) in [4.78, 5) is 11.7. The molecular formula is C23H26BrClN2O3. The molecule has 1 heterocycles. The lowest BCUT2D eigenvalue weighted by Crippen LogP contribution is -2.47. The number of benzene rings is 2. The van der Waals surface area contributed by atoms with Crippen LogP contribution in [0.3, 0.4) is 0 Å². The van der Waals surface area contributed by atoms with E-state index in [0.717, 1.165) is 53.1 Å². The number of hydrogen-bond donors (Lipinski definition) is 2. The third-order valence-corrected chi connectivity index (χ3v) is 5.70. The molecule has 0 amide bonds. The molecule has 0 aromatic heterocycles. The van der Waals surface area contributed by atoms with Gasteiger partial charge in [-0.05, 0) is 54.3 Å². The molecule has 0 unspecified atom stereocenters. The van der Waals surface area contributed by atoms with E-state index >= 15 is 0 Å². The van der Waals surface area contributed by atoms with Gasteiger partial charge < -0.3 is 20.1 Å². The summed E-state index contributed by atoms with van der Waals surface area (Å²) in [6, 6.07) is 11.6. The van der Waals surface area contributed by atoms with Crippen LogP contribution in [-0.4, -0.2) is 32.2 Å². The fourth-order valence-corrected chi connectivity index (χ4v) is 3.83. The second kappa shape index (κ2) is 11.5. The lowest BCUT2D eigenvalue weighted by molar-refractivity contribution is -0.137. The van der Waals surface area contributed by atoms with Crippen molar-refractivity contribution in [1.82, 2.24) is 10.6 Å². The van der Waals surface area contributed by atoms with Gasteiger partial charge in [0.25, 0.3) is 0 Å². The summed E-state index contributed by atoms with van der Waals surface area (Å²) in [5.41, 5.74) is 2.99. The Kier molecular flexibility index (Phi) is 8.75. The molecule has 5 nitrogen and oxygen atoms in total. The van der Waals surface area contributed by atoms with Crippen molar-refractivity contribution in [2.45, 2.75) is 20.1 Å². The molecule has 7 heteroatoms. The minimum atomic E-state index is -0.355. The van der Waals surface area contributed by atoms with Crippen LogP contribution in [0.1, 0.15) is 23.6 Å². The Morgan fingerprint density at radius 2 is 2.13 bits per heavy atom. The molecule has 2 aromatic rings. The normalized spacial score (nSPS) is 14.0. The van der Waals surface area contributed by atoms with Crippen molar-refractivity contribution in [3.05, 3.63) is 68.7 Å². The Labute approximate surface area is 190 Å². The standard InChI is InChI=1S/C23H26BrClN2O3/c1-2-29-23(28)6-3-16-7-17(11-26-12-18-13-27-14-18)9-21(8-16)30-15-19-4-5-20(25)10-22(19)24/h3-10,18,26-27H,2,11-15H2,1H3/b6-3+. The summed E-state index contributed by atoms with van der Waals surface area (Å²) >= 11 is 9.54. The Bertz CT molecular complexity index is 900. The van der Waals surface area contributed by atoms with Gasteiger partial charge in [0.1, 0.15) is 12.4 Å². The van der Waals surface area contributed by atoms with Gasteiger partial charge in [-0.1, -0.05) is 39.7 Å². The zero-order valence-electron chi connectivity index (χ0n) is 16.9. The lowest BCUT2D eigenvalue weighted by Gasteiger charge is -2.27. The maximum atomic E-state index is 11.7. The highest BCUT2D eigenvalue weighted by molar-refractivity contribution is 9.10.